The second-order valence-electron chi connectivity index (χ2n) is 3.49. The predicted molar refractivity (Wildman–Crippen MR) is 51.3 cm³/mol. The number of hydrogen-bond donors (Lipinski definition) is 0. The first kappa shape index (κ1) is 12.6. The summed E-state index contributed by atoms with van der Waals surface area (Å²) in [5.41, 5.74) is 0. The van der Waals surface area contributed by atoms with Crippen molar-refractivity contribution in [1.29, 1.82) is 0 Å². The lowest BCUT2D eigenvalue weighted by molar-refractivity contribution is 0.360. The summed E-state index contributed by atoms with van der Waals surface area (Å²) in [4.78, 5) is -0.831. The van der Waals surface area contributed by atoms with E-state index in [1.165, 1.54) is 0 Å². The van der Waals surface area contributed by atoms with E-state index in [2.05, 4.69) is 0 Å². The molecule has 1 aromatic rings. The summed E-state index contributed by atoms with van der Waals surface area (Å²) in [6, 6.07) is 0. The Morgan fingerprint density at radius 1 is 0.941 bits per heavy atom. The van der Waals surface area contributed by atoms with Crippen molar-refractivity contribution < 1.29 is 26.7 Å². The minimum atomic E-state index is -2.13. The van der Waals surface area contributed by atoms with E-state index in [4.69, 9.17) is 4.74 Å². The van der Waals surface area contributed by atoms with E-state index >= 15 is 0 Å². The highest BCUT2D eigenvalue weighted by Crippen LogP contribution is 2.32. The van der Waals surface area contributed by atoms with Crippen LogP contribution in [0.1, 0.15) is 6.42 Å². The van der Waals surface area contributed by atoms with E-state index in [9.17, 15) is 22.0 Å². The maximum absolute atomic E-state index is 13.2. The molecule has 1 heterocycles. The molecule has 1 atom stereocenters. The molecule has 2 rings (SSSR count). The Morgan fingerprint density at radius 3 is 1.88 bits per heavy atom. The van der Waals surface area contributed by atoms with Crippen molar-refractivity contribution in [3.05, 3.63) is 29.1 Å². The Hall–Kier alpha value is -0.820. The second-order valence-corrected chi connectivity index (χ2v) is 4.60. The van der Waals surface area contributed by atoms with Crippen molar-refractivity contribution in [3.8, 4) is 0 Å². The Balaban J connectivity index is 2.19. The van der Waals surface area contributed by atoms with E-state index in [1.807, 2.05) is 0 Å². The van der Waals surface area contributed by atoms with Crippen molar-refractivity contribution in [2.45, 2.75) is 17.4 Å². The molecule has 17 heavy (non-hydrogen) atoms. The number of benzene rings is 1. The molecule has 0 N–H and O–H groups in total. The zero-order chi connectivity index (χ0) is 12.6. The molecule has 0 aromatic heterocycles. The van der Waals surface area contributed by atoms with Gasteiger partial charge in [-0.15, -0.1) is 11.8 Å². The number of hydrogen-bond acceptors (Lipinski definition) is 2. The lowest BCUT2D eigenvalue weighted by atomic mass is 10.3. The van der Waals surface area contributed by atoms with Gasteiger partial charge in [0.1, 0.15) is 0 Å². The van der Waals surface area contributed by atoms with Gasteiger partial charge in [0.25, 0.3) is 0 Å². The van der Waals surface area contributed by atoms with Crippen molar-refractivity contribution in [2.75, 3.05) is 12.4 Å². The predicted octanol–water partition coefficient (Wildman–Crippen LogP) is 3.26. The fourth-order valence-corrected chi connectivity index (χ4v) is 2.26. The van der Waals surface area contributed by atoms with Crippen LogP contribution in [0.3, 0.4) is 0 Å². The summed E-state index contributed by atoms with van der Waals surface area (Å²) in [6.45, 7) is 0.581. The smallest absolute Gasteiger partial charge is 0.200 e. The summed E-state index contributed by atoms with van der Waals surface area (Å²) in [7, 11) is 0. The third-order valence-corrected chi connectivity index (χ3v) is 3.35. The SMILES string of the molecule is Fc1c(F)c(F)c(SCCC2CO2)c(F)c1F. The molecular weight excluding hydrogens is 263 g/mol. The van der Waals surface area contributed by atoms with Gasteiger partial charge in [-0.2, -0.15) is 0 Å². The second kappa shape index (κ2) is 4.81. The molecule has 94 valence electrons. The molecule has 1 aromatic carbocycles. The number of ether oxygens (including phenoxy) is 1. The monoisotopic (exact) mass is 270 g/mol. The highest BCUT2D eigenvalue weighted by Gasteiger charge is 2.27. The van der Waals surface area contributed by atoms with Gasteiger partial charge in [-0.3, -0.25) is 0 Å². The first-order valence-electron chi connectivity index (χ1n) is 4.78. The quantitative estimate of drug-likeness (QED) is 0.274. The van der Waals surface area contributed by atoms with Crippen LogP contribution in [-0.2, 0) is 4.74 Å². The van der Waals surface area contributed by atoms with Crippen molar-refractivity contribution in [1.82, 2.24) is 0 Å². The minimum Gasteiger partial charge on any atom is -0.373 e. The zero-order valence-corrected chi connectivity index (χ0v) is 9.22. The van der Waals surface area contributed by atoms with E-state index in [0.717, 1.165) is 0 Å². The molecule has 1 nitrogen and oxygen atoms in total. The number of thioether (sulfide) groups is 1. The van der Waals surface area contributed by atoms with E-state index < -0.39 is 34.0 Å². The van der Waals surface area contributed by atoms with Gasteiger partial charge in [0, 0.05) is 5.75 Å². The maximum atomic E-state index is 13.2. The molecule has 0 spiro atoms. The van der Waals surface area contributed by atoms with Crippen LogP contribution in [0.15, 0.2) is 4.90 Å². The van der Waals surface area contributed by atoms with E-state index in [1.54, 1.807) is 0 Å². The normalized spacial score (nSPS) is 18.5. The van der Waals surface area contributed by atoms with Crippen LogP contribution >= 0.6 is 11.8 Å². The first-order valence-corrected chi connectivity index (χ1v) is 5.76. The van der Waals surface area contributed by atoms with Gasteiger partial charge in [0.15, 0.2) is 23.3 Å². The lowest BCUT2D eigenvalue weighted by Crippen LogP contribution is -2.03. The summed E-state index contributed by atoms with van der Waals surface area (Å²) in [6.07, 6.45) is 0.563. The Morgan fingerprint density at radius 2 is 1.41 bits per heavy atom. The zero-order valence-electron chi connectivity index (χ0n) is 8.40. The van der Waals surface area contributed by atoms with Crippen LogP contribution in [0.2, 0.25) is 0 Å². The van der Waals surface area contributed by atoms with Crippen LogP contribution in [0.25, 0.3) is 0 Å². The molecule has 0 bridgehead atoms. The van der Waals surface area contributed by atoms with Gasteiger partial charge < -0.3 is 4.74 Å². The molecule has 1 unspecified atom stereocenters. The summed E-state index contributed by atoms with van der Waals surface area (Å²) in [5, 5.41) is 0. The standard InChI is InChI=1S/C10H7F5OS/c11-5-6(12)8(14)10(9(15)7(5)13)17-2-1-4-3-16-4/h4H,1-3H2. The molecule has 1 aliphatic heterocycles. The third kappa shape index (κ3) is 2.55. The summed E-state index contributed by atoms with van der Waals surface area (Å²) >= 11 is 0.602. The molecule has 0 radical (unpaired) electrons. The fraction of sp³-hybridized carbons (Fsp3) is 0.400. The van der Waals surface area contributed by atoms with Crippen LogP contribution < -0.4 is 0 Å². The molecular formula is C10H7F5OS. The average molecular weight is 270 g/mol. The van der Waals surface area contributed by atoms with Crippen LogP contribution in [0, 0.1) is 29.1 Å². The minimum absolute atomic E-state index is 0.0452. The molecule has 0 amide bonds. The number of rotatable bonds is 4. The first-order chi connectivity index (χ1) is 8.02. The van der Waals surface area contributed by atoms with Gasteiger partial charge in [-0.25, -0.2) is 22.0 Å². The van der Waals surface area contributed by atoms with Crippen LogP contribution in [0.5, 0.6) is 0 Å². The molecule has 0 saturated carbocycles. The highest BCUT2D eigenvalue weighted by molar-refractivity contribution is 7.99. The Labute approximate surface area is 97.9 Å². The number of halogens is 5. The summed E-state index contributed by atoms with van der Waals surface area (Å²) in [5.74, 6) is -9.26. The van der Waals surface area contributed by atoms with E-state index in [-0.39, 0.29) is 11.9 Å². The maximum Gasteiger partial charge on any atom is 0.200 e. The third-order valence-electron chi connectivity index (χ3n) is 2.26. The van der Waals surface area contributed by atoms with Crippen molar-refractivity contribution in [3.63, 3.8) is 0 Å². The Kier molecular flexibility index (Phi) is 3.58. The summed E-state index contributed by atoms with van der Waals surface area (Å²) < 4.78 is 69.5. The highest BCUT2D eigenvalue weighted by atomic mass is 32.2. The molecule has 1 aliphatic rings. The van der Waals surface area contributed by atoms with Crippen molar-refractivity contribution >= 4 is 11.8 Å². The molecule has 1 saturated heterocycles. The lowest BCUT2D eigenvalue weighted by Gasteiger charge is -2.07. The molecule has 7 heteroatoms. The molecule has 0 aliphatic carbocycles. The largest absolute Gasteiger partial charge is 0.373 e. The van der Waals surface area contributed by atoms with Crippen LogP contribution in [0.4, 0.5) is 22.0 Å². The van der Waals surface area contributed by atoms with Gasteiger partial charge in [0.05, 0.1) is 17.6 Å². The Bertz CT molecular complexity index is 418. The van der Waals surface area contributed by atoms with Crippen LogP contribution in [-0.4, -0.2) is 18.5 Å². The van der Waals surface area contributed by atoms with E-state index in [0.29, 0.717) is 24.8 Å². The van der Waals surface area contributed by atoms with Gasteiger partial charge in [-0.1, -0.05) is 0 Å². The number of epoxide rings is 1. The topological polar surface area (TPSA) is 12.5 Å². The van der Waals surface area contributed by atoms with Crippen molar-refractivity contribution in [2.24, 2.45) is 0 Å². The van der Waals surface area contributed by atoms with Gasteiger partial charge in [-0.05, 0) is 6.42 Å². The average Bonchev–Trinajstić information content (AvgIpc) is 3.12. The fourth-order valence-electron chi connectivity index (χ4n) is 1.24. The molecule has 1 fully saturated rings. The van der Waals surface area contributed by atoms with Gasteiger partial charge >= 0.3 is 0 Å². The van der Waals surface area contributed by atoms with Gasteiger partial charge in [0.2, 0.25) is 5.82 Å².